The first kappa shape index (κ1) is 26.6. The molecule has 0 aliphatic carbocycles. The fourth-order valence-electron chi connectivity index (χ4n) is 2.11. The average molecular weight is 474 g/mol. The minimum atomic E-state index is -5.76. The van der Waals surface area contributed by atoms with E-state index in [0.29, 0.717) is 0 Å². The van der Waals surface area contributed by atoms with Crippen LogP contribution in [0.15, 0.2) is 18.2 Å². The molecule has 0 fully saturated rings. The monoisotopic (exact) mass is 474 g/mol. The van der Waals surface area contributed by atoms with E-state index in [4.69, 9.17) is 14.6 Å². The smallest absolute Gasteiger partial charge is 0.453 e. The number of hydrogen-bond donors (Lipinski definition) is 1. The molecule has 0 saturated carbocycles. The van der Waals surface area contributed by atoms with Crippen LogP contribution in [0.4, 0.5) is 43.9 Å². The summed E-state index contributed by atoms with van der Waals surface area (Å²) >= 11 is 0. The van der Waals surface area contributed by atoms with E-state index in [9.17, 15) is 48.7 Å². The molecule has 1 aromatic carbocycles. The number of hydrogen-bond acceptors (Lipinski definition) is 3. The molecule has 0 bridgehead atoms. The van der Waals surface area contributed by atoms with Gasteiger partial charge in [0.2, 0.25) is 0 Å². The zero-order valence-corrected chi connectivity index (χ0v) is 15.4. The lowest BCUT2D eigenvalue weighted by Crippen LogP contribution is -2.36. The third kappa shape index (κ3) is 7.65. The van der Waals surface area contributed by atoms with Gasteiger partial charge in [-0.1, -0.05) is 0 Å². The Kier molecular flexibility index (Phi) is 8.43. The highest BCUT2D eigenvalue weighted by atomic mass is 19.4. The predicted molar refractivity (Wildman–Crippen MR) is 84.9 cm³/mol. The first-order chi connectivity index (χ1) is 14.0. The molecule has 0 spiro atoms. The maximum Gasteiger partial charge on any atom is 0.453 e. The topological polar surface area (TPSA) is 55.8 Å². The molecule has 1 rings (SSSR count). The second-order valence-electron chi connectivity index (χ2n) is 6.28. The number of benzene rings is 1. The molecule has 0 unspecified atom stereocenters. The van der Waals surface area contributed by atoms with Gasteiger partial charge >= 0.3 is 30.2 Å². The van der Waals surface area contributed by atoms with E-state index in [2.05, 4.69) is 0 Å². The van der Waals surface area contributed by atoms with Crippen molar-refractivity contribution in [2.75, 3.05) is 13.2 Å². The summed E-state index contributed by atoms with van der Waals surface area (Å²) in [4.78, 5) is 11.0. The van der Waals surface area contributed by atoms with Gasteiger partial charge in [0, 0.05) is 12.8 Å². The first-order valence-electron chi connectivity index (χ1n) is 8.50. The van der Waals surface area contributed by atoms with E-state index < -0.39 is 74.8 Å². The van der Waals surface area contributed by atoms with Gasteiger partial charge in [0.15, 0.2) is 11.5 Å². The Morgan fingerprint density at radius 1 is 0.742 bits per heavy atom. The van der Waals surface area contributed by atoms with Crippen molar-refractivity contribution in [2.24, 2.45) is 0 Å². The normalized spacial score (nSPS) is 13.2. The SMILES string of the molecule is O=C(O)c1ccc(OCCCC(F)(F)C(F)(F)F)c(OCCCC(F)(F)C(F)(F)F)c1. The summed E-state index contributed by atoms with van der Waals surface area (Å²) in [7, 11) is 0. The van der Waals surface area contributed by atoms with Gasteiger partial charge in [0.05, 0.1) is 18.8 Å². The number of alkyl halides is 10. The maximum atomic E-state index is 12.9. The second-order valence-corrected chi connectivity index (χ2v) is 6.28. The molecule has 178 valence electrons. The molecule has 4 nitrogen and oxygen atoms in total. The van der Waals surface area contributed by atoms with Crippen molar-refractivity contribution in [3.63, 3.8) is 0 Å². The molecule has 0 amide bonds. The molecule has 0 heterocycles. The van der Waals surface area contributed by atoms with Gasteiger partial charge in [-0.3, -0.25) is 0 Å². The van der Waals surface area contributed by atoms with Crippen LogP contribution >= 0.6 is 0 Å². The Hall–Kier alpha value is -2.41. The summed E-state index contributed by atoms with van der Waals surface area (Å²) < 4.78 is 134. The molecule has 14 heteroatoms. The number of aromatic carboxylic acids is 1. The van der Waals surface area contributed by atoms with E-state index in [-0.39, 0.29) is 11.3 Å². The average Bonchev–Trinajstić information content (AvgIpc) is 2.61. The van der Waals surface area contributed by atoms with Gasteiger partial charge in [0.1, 0.15) is 0 Å². The lowest BCUT2D eigenvalue weighted by molar-refractivity contribution is -0.284. The van der Waals surface area contributed by atoms with Crippen LogP contribution in [0, 0.1) is 0 Å². The fourth-order valence-corrected chi connectivity index (χ4v) is 2.11. The molecule has 0 aromatic heterocycles. The summed E-state index contributed by atoms with van der Waals surface area (Å²) in [6, 6.07) is 2.79. The van der Waals surface area contributed by atoms with E-state index in [1.165, 1.54) is 0 Å². The van der Waals surface area contributed by atoms with Gasteiger partial charge in [-0.15, -0.1) is 0 Å². The molecule has 0 aliphatic rings. The van der Waals surface area contributed by atoms with E-state index in [1.54, 1.807) is 0 Å². The minimum Gasteiger partial charge on any atom is -0.490 e. The molecule has 0 atom stereocenters. The summed E-state index contributed by atoms with van der Waals surface area (Å²) in [6.45, 7) is -1.38. The Morgan fingerprint density at radius 3 is 1.55 bits per heavy atom. The fraction of sp³-hybridized carbons (Fsp3) is 0.588. The lowest BCUT2D eigenvalue weighted by Gasteiger charge is -2.20. The number of carbonyl (C=O) groups is 1. The maximum absolute atomic E-state index is 12.9. The van der Waals surface area contributed by atoms with Crippen molar-refractivity contribution in [3.05, 3.63) is 23.8 Å². The Balaban J connectivity index is 2.74. The summed E-state index contributed by atoms with van der Waals surface area (Å²) in [5.41, 5.74) is -0.383. The van der Waals surface area contributed by atoms with Crippen molar-refractivity contribution >= 4 is 5.97 Å². The lowest BCUT2D eigenvalue weighted by atomic mass is 10.1. The number of rotatable bonds is 11. The molecule has 0 radical (unpaired) electrons. The summed E-state index contributed by atoms with van der Waals surface area (Å²) in [6.07, 6.45) is -16.3. The Bertz CT molecular complexity index is 743. The van der Waals surface area contributed by atoms with Gasteiger partial charge in [0.25, 0.3) is 0 Å². The largest absolute Gasteiger partial charge is 0.490 e. The Morgan fingerprint density at radius 2 is 1.16 bits per heavy atom. The van der Waals surface area contributed by atoms with Crippen molar-refractivity contribution in [1.29, 1.82) is 0 Å². The van der Waals surface area contributed by atoms with Gasteiger partial charge in [-0.05, 0) is 31.0 Å². The van der Waals surface area contributed by atoms with Crippen LogP contribution < -0.4 is 9.47 Å². The molecule has 0 aliphatic heterocycles. The van der Waals surface area contributed by atoms with E-state index >= 15 is 0 Å². The van der Waals surface area contributed by atoms with Crippen molar-refractivity contribution in [2.45, 2.75) is 49.9 Å². The van der Waals surface area contributed by atoms with Crippen LogP contribution in [0.2, 0.25) is 0 Å². The van der Waals surface area contributed by atoms with Gasteiger partial charge < -0.3 is 14.6 Å². The molecule has 1 aromatic rings. The van der Waals surface area contributed by atoms with Gasteiger partial charge in [-0.25, -0.2) is 4.79 Å². The summed E-state index contributed by atoms with van der Waals surface area (Å²) in [5.74, 6) is -12.1. The number of ether oxygens (including phenoxy) is 2. The Labute approximate surface area is 168 Å². The molecular weight excluding hydrogens is 458 g/mol. The van der Waals surface area contributed by atoms with Crippen LogP contribution in [0.3, 0.4) is 0 Å². The van der Waals surface area contributed by atoms with Crippen LogP contribution in [0.1, 0.15) is 36.0 Å². The van der Waals surface area contributed by atoms with Crippen molar-refractivity contribution in [3.8, 4) is 11.5 Å². The zero-order valence-electron chi connectivity index (χ0n) is 15.4. The molecule has 0 saturated heterocycles. The standard InChI is InChI=1S/C17H16F10O4/c18-14(19,16(22,23)24)5-1-7-30-11-4-3-10(13(28)29)9-12(11)31-8-2-6-15(20,21)17(25,26)27/h3-4,9H,1-2,5-8H2,(H,28,29). The third-order valence-electron chi connectivity index (χ3n) is 3.81. The molecule has 1 N–H and O–H groups in total. The van der Waals surface area contributed by atoms with Gasteiger partial charge in [-0.2, -0.15) is 43.9 Å². The molecule has 31 heavy (non-hydrogen) atoms. The van der Waals surface area contributed by atoms with Crippen LogP contribution in [-0.4, -0.2) is 48.5 Å². The number of carboxylic acid groups (broad SMARTS) is 1. The minimum absolute atomic E-state index is 0.317. The highest BCUT2D eigenvalue weighted by Crippen LogP contribution is 2.40. The van der Waals surface area contributed by atoms with E-state index in [0.717, 1.165) is 18.2 Å². The zero-order chi connectivity index (χ0) is 24.1. The quantitative estimate of drug-likeness (QED) is 0.311. The second kappa shape index (κ2) is 9.81. The first-order valence-corrected chi connectivity index (χ1v) is 8.50. The van der Waals surface area contributed by atoms with Crippen molar-refractivity contribution in [1.82, 2.24) is 0 Å². The van der Waals surface area contributed by atoms with Crippen molar-refractivity contribution < 1.29 is 63.3 Å². The number of halogens is 10. The predicted octanol–water partition coefficient (Wildman–Crippen LogP) is 6.10. The van der Waals surface area contributed by atoms with E-state index in [1.807, 2.05) is 0 Å². The molecular formula is C17H16F10O4. The summed E-state index contributed by atoms with van der Waals surface area (Å²) in [5, 5.41) is 8.94. The van der Waals surface area contributed by atoms with Crippen LogP contribution in [0.5, 0.6) is 11.5 Å². The van der Waals surface area contributed by atoms with Crippen LogP contribution in [-0.2, 0) is 0 Å². The third-order valence-corrected chi connectivity index (χ3v) is 3.81. The highest BCUT2D eigenvalue weighted by molar-refractivity contribution is 5.88. The number of carboxylic acids is 1. The highest BCUT2D eigenvalue weighted by Gasteiger charge is 2.57. The van der Waals surface area contributed by atoms with Crippen LogP contribution in [0.25, 0.3) is 0 Å².